The minimum atomic E-state index is -0.455. The van der Waals surface area contributed by atoms with Crippen LogP contribution in [0.2, 0.25) is 0 Å². The first-order valence-corrected chi connectivity index (χ1v) is 12.8. The summed E-state index contributed by atoms with van der Waals surface area (Å²) < 4.78 is 2.28. The fraction of sp³-hybridized carbons (Fsp3) is 0.407. The van der Waals surface area contributed by atoms with Crippen LogP contribution in [0.1, 0.15) is 63.8 Å². The van der Waals surface area contributed by atoms with Crippen molar-refractivity contribution in [1.29, 1.82) is 0 Å². The lowest BCUT2D eigenvalue weighted by Crippen LogP contribution is -2.35. The lowest BCUT2D eigenvalue weighted by Gasteiger charge is -2.20. The molecule has 0 amide bonds. The molecule has 0 saturated carbocycles. The van der Waals surface area contributed by atoms with Gasteiger partial charge in [0.05, 0.1) is 33.8 Å². The maximum Gasteiger partial charge on any atom is 0.118 e. The standard InChI is InChI=1S/C27H30N4OS/c1-16-28-25-20(10-13-24(25)33-16)27-30-21-11-8-17(15-23(21)31(27)2)14-19-9-12-22(29-19)26(32)18-6-4-3-5-7-18/h3-8,11,15,19-20,22,26,29,32H,9-10,12-14H2,1-2H3/t19-,20?,22+,26+/m0/s1. The quantitative estimate of drug-likeness (QED) is 0.450. The Labute approximate surface area is 198 Å². The lowest BCUT2D eigenvalue weighted by atomic mass is 10.0. The predicted molar refractivity (Wildman–Crippen MR) is 133 cm³/mol. The van der Waals surface area contributed by atoms with E-state index in [1.54, 1.807) is 0 Å². The Bertz CT molecular complexity index is 1290. The molecule has 2 aromatic heterocycles. The molecule has 170 valence electrons. The Hall–Kier alpha value is -2.54. The number of nitrogens with zero attached hydrogens (tertiary/aromatic N) is 3. The molecular formula is C27H30N4OS. The van der Waals surface area contributed by atoms with Gasteiger partial charge in [-0.25, -0.2) is 9.97 Å². The Kier molecular flexibility index (Phi) is 5.32. The summed E-state index contributed by atoms with van der Waals surface area (Å²) in [4.78, 5) is 11.3. The van der Waals surface area contributed by atoms with Crippen LogP contribution in [0.15, 0.2) is 48.5 Å². The van der Waals surface area contributed by atoms with Gasteiger partial charge in [-0.1, -0.05) is 36.4 Å². The highest BCUT2D eigenvalue weighted by atomic mass is 32.1. The number of aliphatic hydroxyl groups excluding tert-OH is 1. The molecule has 2 aromatic carbocycles. The second-order valence-electron chi connectivity index (χ2n) is 9.59. The van der Waals surface area contributed by atoms with E-state index in [0.717, 1.165) is 54.0 Å². The maximum absolute atomic E-state index is 10.8. The molecule has 4 atom stereocenters. The summed E-state index contributed by atoms with van der Waals surface area (Å²) in [5.41, 5.74) is 5.82. The highest BCUT2D eigenvalue weighted by Crippen LogP contribution is 2.40. The smallest absolute Gasteiger partial charge is 0.118 e. The molecule has 1 aliphatic heterocycles. The van der Waals surface area contributed by atoms with Crippen LogP contribution in [0, 0.1) is 6.92 Å². The van der Waals surface area contributed by atoms with Crippen molar-refractivity contribution >= 4 is 22.4 Å². The number of fused-ring (bicyclic) bond motifs is 2. The van der Waals surface area contributed by atoms with Gasteiger partial charge in [-0.2, -0.15) is 0 Å². The Balaban J connectivity index is 1.19. The van der Waals surface area contributed by atoms with Crippen LogP contribution < -0.4 is 5.32 Å². The molecule has 2 aliphatic rings. The molecule has 1 fully saturated rings. The first-order chi connectivity index (χ1) is 16.1. The van der Waals surface area contributed by atoms with Gasteiger partial charge in [-0.15, -0.1) is 11.3 Å². The van der Waals surface area contributed by atoms with E-state index < -0.39 is 6.10 Å². The summed E-state index contributed by atoms with van der Waals surface area (Å²) in [5.74, 6) is 1.44. The zero-order valence-corrected chi connectivity index (χ0v) is 20.0. The number of nitrogens with one attached hydrogen (secondary N) is 1. The van der Waals surface area contributed by atoms with Crippen molar-refractivity contribution in [3.05, 3.63) is 81.1 Å². The minimum absolute atomic E-state index is 0.113. The maximum atomic E-state index is 10.8. The number of imidazole rings is 1. The summed E-state index contributed by atoms with van der Waals surface area (Å²) in [7, 11) is 2.14. The van der Waals surface area contributed by atoms with Crippen LogP contribution >= 0.6 is 11.3 Å². The number of hydrogen-bond donors (Lipinski definition) is 2. The SMILES string of the molecule is Cc1nc2c(s1)CCC2c1nc2ccc(C[C@@H]3CC[C@H]([C@H](O)c4ccccc4)N3)cc2n1C. The number of benzene rings is 2. The average molecular weight is 459 g/mol. The van der Waals surface area contributed by atoms with E-state index in [1.165, 1.54) is 21.7 Å². The van der Waals surface area contributed by atoms with Gasteiger partial charge in [0.15, 0.2) is 0 Å². The van der Waals surface area contributed by atoms with E-state index in [-0.39, 0.29) is 6.04 Å². The molecule has 6 rings (SSSR count). The summed E-state index contributed by atoms with van der Waals surface area (Å²) in [6, 6.07) is 17.2. The third-order valence-corrected chi connectivity index (χ3v) is 8.44. The highest BCUT2D eigenvalue weighted by molar-refractivity contribution is 7.11. The fourth-order valence-corrected chi connectivity index (χ4v) is 6.73. The third kappa shape index (κ3) is 3.80. The van der Waals surface area contributed by atoms with Gasteiger partial charge in [0.2, 0.25) is 0 Å². The van der Waals surface area contributed by atoms with Gasteiger partial charge < -0.3 is 15.0 Å². The molecule has 6 heteroatoms. The Morgan fingerprint density at radius 3 is 2.82 bits per heavy atom. The van der Waals surface area contributed by atoms with Crippen molar-refractivity contribution in [2.75, 3.05) is 0 Å². The number of aromatic nitrogens is 3. The van der Waals surface area contributed by atoms with Crippen molar-refractivity contribution in [1.82, 2.24) is 19.9 Å². The Morgan fingerprint density at radius 2 is 1.97 bits per heavy atom. The molecule has 0 spiro atoms. The second kappa shape index (κ2) is 8.35. The number of thiazole rings is 1. The zero-order chi connectivity index (χ0) is 22.5. The van der Waals surface area contributed by atoms with Gasteiger partial charge in [0.1, 0.15) is 5.82 Å². The van der Waals surface area contributed by atoms with E-state index in [0.29, 0.717) is 12.0 Å². The zero-order valence-electron chi connectivity index (χ0n) is 19.2. The summed E-state index contributed by atoms with van der Waals surface area (Å²) in [6.07, 6.45) is 4.81. The molecule has 0 bridgehead atoms. The summed E-state index contributed by atoms with van der Waals surface area (Å²) in [6.45, 7) is 2.10. The molecule has 1 saturated heterocycles. The van der Waals surface area contributed by atoms with Crippen LogP contribution in [0.4, 0.5) is 0 Å². The normalized spacial score (nSPS) is 23.3. The molecule has 4 aromatic rings. The number of aliphatic hydroxyl groups is 1. The fourth-order valence-electron chi connectivity index (χ4n) is 5.72. The van der Waals surface area contributed by atoms with Gasteiger partial charge >= 0.3 is 0 Å². The molecule has 1 aliphatic carbocycles. The number of aryl methyl sites for hydroxylation is 3. The largest absolute Gasteiger partial charge is 0.387 e. The van der Waals surface area contributed by atoms with E-state index in [4.69, 9.17) is 9.97 Å². The lowest BCUT2D eigenvalue weighted by molar-refractivity contribution is 0.135. The average Bonchev–Trinajstić information content (AvgIpc) is 3.59. The third-order valence-electron chi connectivity index (χ3n) is 7.40. The van der Waals surface area contributed by atoms with Crippen LogP contribution in [-0.2, 0) is 19.9 Å². The molecule has 5 nitrogen and oxygen atoms in total. The van der Waals surface area contributed by atoms with Gasteiger partial charge in [0, 0.05) is 24.0 Å². The van der Waals surface area contributed by atoms with E-state index >= 15 is 0 Å². The van der Waals surface area contributed by atoms with E-state index in [2.05, 4.69) is 42.1 Å². The second-order valence-corrected chi connectivity index (χ2v) is 10.9. The molecule has 3 heterocycles. The van der Waals surface area contributed by atoms with Gasteiger partial charge in [-0.05, 0) is 62.3 Å². The minimum Gasteiger partial charge on any atom is -0.387 e. The van der Waals surface area contributed by atoms with Crippen molar-refractivity contribution in [2.24, 2.45) is 7.05 Å². The van der Waals surface area contributed by atoms with Crippen LogP contribution in [0.5, 0.6) is 0 Å². The van der Waals surface area contributed by atoms with Crippen molar-refractivity contribution in [3.63, 3.8) is 0 Å². The number of hydrogen-bond acceptors (Lipinski definition) is 5. The first-order valence-electron chi connectivity index (χ1n) is 12.0. The molecule has 0 radical (unpaired) electrons. The van der Waals surface area contributed by atoms with Crippen LogP contribution in [0.3, 0.4) is 0 Å². The van der Waals surface area contributed by atoms with Crippen LogP contribution in [0.25, 0.3) is 11.0 Å². The topological polar surface area (TPSA) is 63.0 Å². The predicted octanol–water partition coefficient (Wildman–Crippen LogP) is 4.81. The summed E-state index contributed by atoms with van der Waals surface area (Å²) >= 11 is 1.84. The molecule has 33 heavy (non-hydrogen) atoms. The first kappa shape index (κ1) is 21.0. The highest BCUT2D eigenvalue weighted by Gasteiger charge is 2.32. The van der Waals surface area contributed by atoms with Gasteiger partial charge in [-0.3, -0.25) is 0 Å². The molecule has 1 unspecified atom stereocenters. The van der Waals surface area contributed by atoms with Gasteiger partial charge in [0.25, 0.3) is 0 Å². The van der Waals surface area contributed by atoms with Crippen LogP contribution in [-0.4, -0.2) is 31.7 Å². The molecule has 2 N–H and O–H groups in total. The Morgan fingerprint density at radius 1 is 1.12 bits per heavy atom. The van der Waals surface area contributed by atoms with E-state index in [9.17, 15) is 5.11 Å². The van der Waals surface area contributed by atoms with Crippen molar-refractivity contribution in [2.45, 2.75) is 63.1 Å². The van der Waals surface area contributed by atoms with Crippen molar-refractivity contribution in [3.8, 4) is 0 Å². The summed E-state index contributed by atoms with van der Waals surface area (Å²) in [5, 5.41) is 15.6. The number of rotatable bonds is 5. The van der Waals surface area contributed by atoms with E-state index in [1.807, 2.05) is 41.7 Å². The monoisotopic (exact) mass is 458 g/mol. The molecular weight excluding hydrogens is 428 g/mol. The van der Waals surface area contributed by atoms with Crippen molar-refractivity contribution < 1.29 is 5.11 Å².